The van der Waals surface area contributed by atoms with Gasteiger partial charge in [-0.25, -0.2) is 4.39 Å². The molecule has 10 heteroatoms. The summed E-state index contributed by atoms with van der Waals surface area (Å²) in [6.45, 7) is 5.15. The number of halogens is 1. The molecule has 0 aliphatic carbocycles. The van der Waals surface area contributed by atoms with Crippen molar-refractivity contribution in [1.29, 1.82) is 0 Å². The predicted molar refractivity (Wildman–Crippen MR) is 130 cm³/mol. The summed E-state index contributed by atoms with van der Waals surface area (Å²) in [6.07, 6.45) is -0.381. The Bertz CT molecular complexity index is 1220. The van der Waals surface area contributed by atoms with Gasteiger partial charge in [0, 0.05) is 6.07 Å². The quantitative estimate of drug-likeness (QED) is 0.367. The Morgan fingerprint density at radius 2 is 1.89 bits per heavy atom. The van der Waals surface area contributed by atoms with Crippen LogP contribution < -0.4 is 14.8 Å². The summed E-state index contributed by atoms with van der Waals surface area (Å²) in [5.74, 6) is -1.96. The summed E-state index contributed by atoms with van der Waals surface area (Å²) in [5, 5.41) is 26.9. The fourth-order valence-corrected chi connectivity index (χ4v) is 3.28. The van der Waals surface area contributed by atoms with E-state index in [-0.39, 0.29) is 36.2 Å². The average molecular weight is 500 g/mol. The standard InChI is InChI=1S/C26H30FN3O6/c1-16(2)26(3,34)15-36-23-13-21(29-30(23)22-11-6-5-10-19(22)27)25(33)28-20(14-24(31)32)17-8-7-9-18(12-17)35-4/h5-13,16,20,34H,14-15H2,1-4H3,(H,28,33)(H,31,32)/t20-,26-/m0/s1. The third-order valence-electron chi connectivity index (χ3n) is 5.93. The smallest absolute Gasteiger partial charge is 0.305 e. The lowest BCUT2D eigenvalue weighted by Crippen LogP contribution is -2.38. The van der Waals surface area contributed by atoms with Crippen LogP contribution in [-0.4, -0.2) is 51.2 Å². The lowest BCUT2D eigenvalue weighted by molar-refractivity contribution is -0.137. The molecule has 0 aliphatic rings. The molecule has 3 aromatic rings. The number of carbonyl (C=O) groups excluding carboxylic acids is 1. The number of aromatic nitrogens is 2. The van der Waals surface area contributed by atoms with Crippen LogP contribution in [0.4, 0.5) is 4.39 Å². The number of carboxylic acids is 1. The van der Waals surface area contributed by atoms with Crippen molar-refractivity contribution in [3.05, 3.63) is 71.7 Å². The maximum absolute atomic E-state index is 14.6. The van der Waals surface area contributed by atoms with E-state index in [1.54, 1.807) is 37.3 Å². The Morgan fingerprint density at radius 1 is 1.17 bits per heavy atom. The number of aliphatic hydroxyl groups is 1. The number of carboxylic acid groups (broad SMARTS) is 1. The maximum Gasteiger partial charge on any atom is 0.305 e. The van der Waals surface area contributed by atoms with Crippen LogP contribution in [0.25, 0.3) is 5.69 Å². The number of amides is 1. The number of hydrogen-bond donors (Lipinski definition) is 3. The van der Waals surface area contributed by atoms with E-state index in [0.717, 1.165) is 4.68 Å². The minimum atomic E-state index is -1.19. The van der Waals surface area contributed by atoms with Gasteiger partial charge < -0.3 is 25.0 Å². The van der Waals surface area contributed by atoms with Gasteiger partial charge in [0.05, 0.1) is 25.2 Å². The minimum Gasteiger partial charge on any atom is -0.497 e. The summed E-state index contributed by atoms with van der Waals surface area (Å²) in [4.78, 5) is 24.6. The number of ether oxygens (including phenoxy) is 2. The van der Waals surface area contributed by atoms with Gasteiger partial charge in [0.1, 0.15) is 23.9 Å². The molecular formula is C26H30FN3O6. The van der Waals surface area contributed by atoms with Crippen LogP contribution in [0.1, 0.15) is 49.3 Å². The Balaban J connectivity index is 1.95. The highest BCUT2D eigenvalue weighted by molar-refractivity contribution is 5.93. The van der Waals surface area contributed by atoms with E-state index in [2.05, 4.69) is 10.4 Å². The second kappa shape index (κ2) is 11.2. The molecule has 0 radical (unpaired) electrons. The van der Waals surface area contributed by atoms with Crippen LogP contribution in [0.3, 0.4) is 0 Å². The SMILES string of the molecule is COc1cccc([C@H](CC(=O)O)NC(=O)c2cc(OC[C@](C)(O)C(C)C)n(-c3ccccc3F)n2)c1. The lowest BCUT2D eigenvalue weighted by atomic mass is 9.94. The van der Waals surface area contributed by atoms with Gasteiger partial charge in [-0.05, 0) is 42.7 Å². The highest BCUT2D eigenvalue weighted by Gasteiger charge is 2.28. The van der Waals surface area contributed by atoms with Crippen molar-refractivity contribution in [2.45, 2.75) is 38.8 Å². The Hall–Kier alpha value is -3.92. The molecular weight excluding hydrogens is 469 g/mol. The highest BCUT2D eigenvalue weighted by atomic mass is 19.1. The number of carbonyl (C=O) groups is 2. The topological polar surface area (TPSA) is 123 Å². The second-order valence-corrected chi connectivity index (χ2v) is 8.93. The van der Waals surface area contributed by atoms with Crippen LogP contribution in [0.5, 0.6) is 11.6 Å². The molecule has 0 saturated carbocycles. The fourth-order valence-electron chi connectivity index (χ4n) is 3.28. The summed E-state index contributed by atoms with van der Waals surface area (Å²) in [5.41, 5.74) is -0.726. The predicted octanol–water partition coefficient (Wildman–Crippen LogP) is 3.75. The Kier molecular flexibility index (Phi) is 8.31. The molecule has 2 atom stereocenters. The summed E-state index contributed by atoms with van der Waals surface area (Å²) in [7, 11) is 1.48. The number of rotatable bonds is 11. The van der Waals surface area contributed by atoms with E-state index in [4.69, 9.17) is 9.47 Å². The normalized spacial score (nSPS) is 13.6. The first-order chi connectivity index (χ1) is 17.0. The number of para-hydroxylation sites is 1. The van der Waals surface area contributed by atoms with Gasteiger partial charge in [0.15, 0.2) is 5.69 Å². The third-order valence-corrected chi connectivity index (χ3v) is 5.93. The zero-order valence-electron chi connectivity index (χ0n) is 20.6. The Labute approximate surface area is 208 Å². The average Bonchev–Trinajstić information content (AvgIpc) is 3.26. The number of benzene rings is 2. The fraction of sp³-hybridized carbons (Fsp3) is 0.346. The monoisotopic (exact) mass is 499 g/mol. The summed E-state index contributed by atoms with van der Waals surface area (Å²) >= 11 is 0. The van der Waals surface area contributed by atoms with Crippen molar-refractivity contribution in [2.75, 3.05) is 13.7 Å². The number of aliphatic carboxylic acids is 1. The van der Waals surface area contributed by atoms with Gasteiger partial charge >= 0.3 is 5.97 Å². The van der Waals surface area contributed by atoms with Crippen molar-refractivity contribution in [3.63, 3.8) is 0 Å². The van der Waals surface area contributed by atoms with Crippen molar-refractivity contribution in [2.24, 2.45) is 5.92 Å². The van der Waals surface area contributed by atoms with Crippen LogP contribution in [-0.2, 0) is 4.79 Å². The summed E-state index contributed by atoms with van der Waals surface area (Å²) in [6, 6.07) is 13.0. The van der Waals surface area contributed by atoms with E-state index in [1.165, 1.54) is 31.4 Å². The molecule has 36 heavy (non-hydrogen) atoms. The van der Waals surface area contributed by atoms with Crippen molar-refractivity contribution < 1.29 is 33.7 Å². The zero-order chi connectivity index (χ0) is 26.5. The molecule has 1 heterocycles. The third kappa shape index (κ3) is 6.39. The highest BCUT2D eigenvalue weighted by Crippen LogP contribution is 2.26. The van der Waals surface area contributed by atoms with Crippen LogP contribution >= 0.6 is 0 Å². The van der Waals surface area contributed by atoms with E-state index < -0.39 is 29.3 Å². The molecule has 2 aromatic carbocycles. The van der Waals surface area contributed by atoms with Crippen LogP contribution in [0.2, 0.25) is 0 Å². The number of hydrogen-bond acceptors (Lipinski definition) is 6. The van der Waals surface area contributed by atoms with Crippen molar-refractivity contribution >= 4 is 11.9 Å². The largest absolute Gasteiger partial charge is 0.497 e. The number of methoxy groups -OCH3 is 1. The Morgan fingerprint density at radius 3 is 2.53 bits per heavy atom. The molecule has 3 N–H and O–H groups in total. The first-order valence-electron chi connectivity index (χ1n) is 11.4. The summed E-state index contributed by atoms with van der Waals surface area (Å²) < 4.78 is 26.7. The second-order valence-electron chi connectivity index (χ2n) is 8.93. The van der Waals surface area contributed by atoms with Crippen molar-refractivity contribution in [1.82, 2.24) is 15.1 Å². The van der Waals surface area contributed by atoms with Crippen LogP contribution in [0.15, 0.2) is 54.6 Å². The van der Waals surface area contributed by atoms with Gasteiger partial charge in [-0.1, -0.05) is 38.1 Å². The molecule has 0 fully saturated rings. The van der Waals surface area contributed by atoms with E-state index in [0.29, 0.717) is 11.3 Å². The molecule has 0 unspecified atom stereocenters. The van der Waals surface area contributed by atoms with E-state index >= 15 is 0 Å². The van der Waals surface area contributed by atoms with Crippen molar-refractivity contribution in [3.8, 4) is 17.3 Å². The van der Waals surface area contributed by atoms with Gasteiger partial charge in [0.2, 0.25) is 5.88 Å². The number of nitrogens with zero attached hydrogens (tertiary/aromatic N) is 2. The minimum absolute atomic E-state index is 0.0438. The van der Waals surface area contributed by atoms with Gasteiger partial charge in [-0.2, -0.15) is 9.78 Å². The molecule has 0 bridgehead atoms. The molecule has 9 nitrogen and oxygen atoms in total. The zero-order valence-corrected chi connectivity index (χ0v) is 20.6. The molecule has 1 aromatic heterocycles. The molecule has 0 aliphatic heterocycles. The molecule has 0 saturated heterocycles. The van der Waals surface area contributed by atoms with Gasteiger partial charge in [-0.3, -0.25) is 9.59 Å². The lowest BCUT2D eigenvalue weighted by Gasteiger charge is -2.27. The first-order valence-corrected chi connectivity index (χ1v) is 11.4. The number of nitrogens with one attached hydrogen (secondary N) is 1. The maximum atomic E-state index is 14.6. The molecule has 192 valence electrons. The molecule has 1 amide bonds. The first kappa shape index (κ1) is 26.7. The van der Waals surface area contributed by atoms with Gasteiger partial charge in [0.25, 0.3) is 5.91 Å². The molecule has 0 spiro atoms. The van der Waals surface area contributed by atoms with E-state index in [9.17, 15) is 24.2 Å². The van der Waals surface area contributed by atoms with Crippen LogP contribution in [0, 0.1) is 11.7 Å². The van der Waals surface area contributed by atoms with E-state index in [1.807, 2.05) is 13.8 Å². The molecule has 3 rings (SSSR count). The van der Waals surface area contributed by atoms with Gasteiger partial charge in [-0.15, -0.1) is 0 Å².